The summed E-state index contributed by atoms with van der Waals surface area (Å²) >= 11 is 0. The zero-order valence-corrected chi connectivity index (χ0v) is 22.2. The minimum absolute atomic E-state index is 0.142. The summed E-state index contributed by atoms with van der Waals surface area (Å²) in [5.74, 6) is 0.590. The van der Waals surface area contributed by atoms with Crippen molar-refractivity contribution < 1.29 is 19.2 Å². The number of hydroxylamine groups is 1. The van der Waals surface area contributed by atoms with E-state index in [4.69, 9.17) is 9.57 Å². The highest BCUT2D eigenvalue weighted by Crippen LogP contribution is 2.36. The molecule has 2 fully saturated rings. The topological polar surface area (TPSA) is 79.9 Å². The monoisotopic (exact) mass is 517 g/mol. The maximum atomic E-state index is 12.5. The maximum absolute atomic E-state index is 12.5. The Labute approximate surface area is 225 Å². The van der Waals surface area contributed by atoms with Gasteiger partial charge in [0, 0.05) is 30.7 Å². The van der Waals surface area contributed by atoms with Gasteiger partial charge in [0.1, 0.15) is 0 Å². The third-order valence-electron chi connectivity index (χ3n) is 8.22. The molecule has 202 valence electrons. The van der Waals surface area contributed by atoms with Crippen molar-refractivity contribution in [3.05, 3.63) is 71.8 Å². The second kappa shape index (κ2) is 12.7. The normalized spacial score (nSPS) is 24.6. The molecule has 0 bridgehead atoms. The fourth-order valence-corrected chi connectivity index (χ4v) is 6.12. The molecule has 5 rings (SSSR count). The summed E-state index contributed by atoms with van der Waals surface area (Å²) in [7, 11) is 0. The number of carbonyl (C=O) groups is 2. The van der Waals surface area contributed by atoms with Crippen LogP contribution in [0.1, 0.15) is 50.6 Å². The van der Waals surface area contributed by atoms with Crippen LogP contribution in [0, 0.1) is 11.8 Å². The van der Waals surface area contributed by atoms with Crippen LogP contribution in [-0.4, -0.2) is 55.7 Å². The number of amides is 2. The van der Waals surface area contributed by atoms with Crippen LogP contribution < -0.4 is 10.8 Å². The molecule has 2 aromatic carbocycles. The van der Waals surface area contributed by atoms with Crippen LogP contribution >= 0.6 is 0 Å². The summed E-state index contributed by atoms with van der Waals surface area (Å²) < 4.78 is 5.26. The van der Waals surface area contributed by atoms with Crippen molar-refractivity contribution >= 4 is 22.6 Å². The molecule has 1 unspecified atom stereocenters. The number of allylic oxidation sites excluding steroid dienone is 2. The highest BCUT2D eigenvalue weighted by molar-refractivity contribution is 5.95. The first-order valence-electron chi connectivity index (χ1n) is 14.0. The smallest absolute Gasteiger partial charge is 0.274 e. The average molecular weight is 518 g/mol. The first-order valence-corrected chi connectivity index (χ1v) is 14.0. The van der Waals surface area contributed by atoms with Crippen molar-refractivity contribution in [2.24, 2.45) is 11.8 Å². The predicted molar refractivity (Wildman–Crippen MR) is 148 cm³/mol. The molecule has 2 aromatic rings. The first kappa shape index (κ1) is 26.6. The molecule has 0 aromatic heterocycles. The Bertz CT molecular complexity index is 1180. The predicted octanol–water partition coefficient (Wildman–Crippen LogP) is 4.46. The molecule has 2 aliphatic carbocycles. The number of carbonyl (C=O) groups excluding carboxylic acids is 2. The molecule has 1 saturated heterocycles. The summed E-state index contributed by atoms with van der Waals surface area (Å²) in [6, 6.07) is 15.9. The van der Waals surface area contributed by atoms with Crippen molar-refractivity contribution in [2.75, 3.05) is 32.9 Å². The molecule has 38 heavy (non-hydrogen) atoms. The Morgan fingerprint density at radius 1 is 1.11 bits per heavy atom. The molecule has 1 aliphatic heterocycles. The van der Waals surface area contributed by atoms with E-state index in [1.807, 2.05) is 12.2 Å². The molecule has 1 heterocycles. The fraction of sp³-hybridized carbons (Fsp3) is 0.484. The van der Waals surface area contributed by atoms with Crippen molar-refractivity contribution in [1.29, 1.82) is 0 Å². The zero-order valence-electron chi connectivity index (χ0n) is 22.2. The Hall–Kier alpha value is -3.00. The highest BCUT2D eigenvalue weighted by atomic mass is 16.7. The van der Waals surface area contributed by atoms with Crippen LogP contribution in [0.4, 0.5) is 0 Å². The average Bonchev–Trinajstić information content (AvgIpc) is 2.97. The number of morpholine rings is 1. The highest BCUT2D eigenvalue weighted by Gasteiger charge is 2.29. The van der Waals surface area contributed by atoms with Gasteiger partial charge in [-0.05, 0) is 60.8 Å². The number of nitrogens with one attached hydrogen (secondary N) is 2. The third kappa shape index (κ3) is 6.52. The van der Waals surface area contributed by atoms with Gasteiger partial charge in [-0.1, -0.05) is 67.1 Å². The van der Waals surface area contributed by atoms with Gasteiger partial charge in [0.2, 0.25) is 0 Å². The summed E-state index contributed by atoms with van der Waals surface area (Å²) in [5.41, 5.74) is 4.38. The lowest BCUT2D eigenvalue weighted by Gasteiger charge is -2.36. The Balaban J connectivity index is 1.09. The van der Waals surface area contributed by atoms with Crippen LogP contribution in [-0.2, 0) is 19.2 Å². The van der Waals surface area contributed by atoms with E-state index in [9.17, 15) is 9.59 Å². The number of benzene rings is 2. The lowest BCUT2D eigenvalue weighted by molar-refractivity contribution is -0.146. The summed E-state index contributed by atoms with van der Waals surface area (Å²) in [5, 5.41) is 6.53. The molecule has 2 amide bonds. The Morgan fingerprint density at radius 2 is 1.92 bits per heavy atom. The summed E-state index contributed by atoms with van der Waals surface area (Å²) in [6.07, 6.45) is 11.7. The molecule has 7 nitrogen and oxygen atoms in total. The van der Waals surface area contributed by atoms with Gasteiger partial charge in [-0.3, -0.25) is 14.4 Å². The second-order valence-corrected chi connectivity index (χ2v) is 10.7. The molecule has 0 spiro atoms. The van der Waals surface area contributed by atoms with E-state index in [0.717, 1.165) is 12.8 Å². The van der Waals surface area contributed by atoms with Crippen molar-refractivity contribution in [2.45, 2.75) is 51.1 Å². The quantitative estimate of drug-likeness (QED) is 0.506. The lowest BCUT2D eigenvalue weighted by atomic mass is 9.75. The molecular formula is C31H39N3O4. The number of rotatable bonds is 8. The standard InChI is InChI=1S/C31H39N3O4/c1-22(28-11-5-7-24-6-2-3-10-29(24)28)32-27-9-4-8-26(20-27)23-12-14-25(15-13-23)31(36)33-38-21-30(35)34-16-18-37-19-17-34/h2-3,5-7,10-12,14-15,22-23,26-27,32H,4,8-9,13,16-21H2,1H3,(H,33,36)/t22-,23?,26+,27+/m1/s1. The molecule has 0 radical (unpaired) electrons. The molecule has 3 aliphatic rings. The van der Waals surface area contributed by atoms with Crippen LogP contribution in [0.2, 0.25) is 0 Å². The maximum Gasteiger partial charge on any atom is 0.274 e. The van der Waals surface area contributed by atoms with Gasteiger partial charge < -0.3 is 15.0 Å². The van der Waals surface area contributed by atoms with Gasteiger partial charge in [-0.25, -0.2) is 5.48 Å². The lowest BCUT2D eigenvalue weighted by Crippen LogP contribution is -2.43. The SMILES string of the molecule is C[C@@H](N[C@H]1CCC[C@H](C2C=CC(C(=O)NOCC(=O)N3CCOCC3)=CC2)C1)c1cccc2ccccc12. The van der Waals surface area contributed by atoms with E-state index >= 15 is 0 Å². The molecule has 4 atom stereocenters. The second-order valence-electron chi connectivity index (χ2n) is 10.7. The van der Waals surface area contributed by atoms with Crippen molar-refractivity contribution in [1.82, 2.24) is 15.7 Å². The Morgan fingerprint density at radius 3 is 2.74 bits per heavy atom. The van der Waals surface area contributed by atoms with Gasteiger partial charge in [0.05, 0.1) is 13.2 Å². The van der Waals surface area contributed by atoms with Crippen LogP contribution in [0.25, 0.3) is 10.8 Å². The number of fused-ring (bicyclic) bond motifs is 1. The van der Waals surface area contributed by atoms with E-state index in [0.29, 0.717) is 49.8 Å². The van der Waals surface area contributed by atoms with E-state index in [-0.39, 0.29) is 24.5 Å². The van der Waals surface area contributed by atoms with Crippen molar-refractivity contribution in [3.63, 3.8) is 0 Å². The molecule has 1 saturated carbocycles. The largest absolute Gasteiger partial charge is 0.378 e. The molecule has 2 N–H and O–H groups in total. The summed E-state index contributed by atoms with van der Waals surface area (Å²) in [4.78, 5) is 31.6. The van der Waals surface area contributed by atoms with Crippen LogP contribution in [0.15, 0.2) is 66.3 Å². The minimum atomic E-state index is -0.304. The molecule has 7 heteroatoms. The van der Waals surface area contributed by atoms with E-state index in [1.165, 1.54) is 35.6 Å². The minimum Gasteiger partial charge on any atom is -0.378 e. The van der Waals surface area contributed by atoms with Crippen LogP contribution in [0.3, 0.4) is 0 Å². The van der Waals surface area contributed by atoms with Gasteiger partial charge in [0.25, 0.3) is 11.8 Å². The van der Waals surface area contributed by atoms with Gasteiger partial charge in [-0.2, -0.15) is 0 Å². The molecular weight excluding hydrogens is 478 g/mol. The van der Waals surface area contributed by atoms with E-state index in [2.05, 4.69) is 66.3 Å². The van der Waals surface area contributed by atoms with E-state index in [1.54, 1.807) is 4.90 Å². The summed E-state index contributed by atoms with van der Waals surface area (Å²) in [6.45, 7) is 4.31. The first-order chi connectivity index (χ1) is 18.6. The van der Waals surface area contributed by atoms with Crippen molar-refractivity contribution in [3.8, 4) is 0 Å². The third-order valence-corrected chi connectivity index (χ3v) is 8.22. The van der Waals surface area contributed by atoms with E-state index < -0.39 is 0 Å². The van der Waals surface area contributed by atoms with Crippen LogP contribution in [0.5, 0.6) is 0 Å². The number of hydrogen-bond acceptors (Lipinski definition) is 5. The van der Waals surface area contributed by atoms with Gasteiger partial charge in [-0.15, -0.1) is 0 Å². The number of hydrogen-bond donors (Lipinski definition) is 2. The number of ether oxygens (including phenoxy) is 1. The van der Waals surface area contributed by atoms with Gasteiger partial charge >= 0.3 is 0 Å². The zero-order chi connectivity index (χ0) is 26.3. The fourth-order valence-electron chi connectivity index (χ4n) is 6.12. The van der Waals surface area contributed by atoms with Gasteiger partial charge in [0.15, 0.2) is 6.61 Å². The Kier molecular flexibility index (Phi) is 8.89. The number of nitrogens with zero attached hydrogens (tertiary/aromatic N) is 1.